The monoisotopic (exact) mass is 398 g/mol. The lowest BCUT2D eigenvalue weighted by Gasteiger charge is -2.15. The molecule has 0 saturated carbocycles. The Morgan fingerprint density at radius 1 is 1.17 bits per heavy atom. The summed E-state index contributed by atoms with van der Waals surface area (Å²) < 4.78 is 14.1. The van der Waals surface area contributed by atoms with Gasteiger partial charge in [-0.15, -0.1) is 0 Å². The zero-order valence-electron chi connectivity index (χ0n) is 16.3. The van der Waals surface area contributed by atoms with Gasteiger partial charge in [-0.25, -0.2) is 4.39 Å². The molecule has 1 aliphatic heterocycles. The molecule has 7 nitrogen and oxygen atoms in total. The van der Waals surface area contributed by atoms with E-state index in [9.17, 15) is 18.8 Å². The van der Waals surface area contributed by atoms with E-state index in [2.05, 4.69) is 16.0 Å². The quantitative estimate of drug-likeness (QED) is 0.667. The summed E-state index contributed by atoms with van der Waals surface area (Å²) in [7, 11) is 1.76. The van der Waals surface area contributed by atoms with Crippen molar-refractivity contribution in [3.8, 4) is 0 Å². The van der Waals surface area contributed by atoms with E-state index in [-0.39, 0.29) is 43.7 Å². The van der Waals surface area contributed by atoms with Gasteiger partial charge in [-0.1, -0.05) is 13.0 Å². The summed E-state index contributed by atoms with van der Waals surface area (Å²) in [6, 6.07) is 10.0. The number of fused-ring (bicyclic) bond motifs is 1. The first-order valence-corrected chi connectivity index (χ1v) is 9.36. The van der Waals surface area contributed by atoms with Crippen LogP contribution >= 0.6 is 0 Å². The number of benzene rings is 2. The van der Waals surface area contributed by atoms with E-state index in [0.717, 1.165) is 11.3 Å². The van der Waals surface area contributed by atoms with Crippen LogP contribution < -0.4 is 16.0 Å². The predicted molar refractivity (Wildman–Crippen MR) is 108 cm³/mol. The van der Waals surface area contributed by atoms with Gasteiger partial charge >= 0.3 is 0 Å². The van der Waals surface area contributed by atoms with Crippen molar-refractivity contribution < 1.29 is 18.8 Å². The van der Waals surface area contributed by atoms with Crippen LogP contribution in [0.4, 0.5) is 15.8 Å². The number of halogens is 1. The van der Waals surface area contributed by atoms with Crippen LogP contribution in [0.25, 0.3) is 0 Å². The molecular weight excluding hydrogens is 375 g/mol. The van der Waals surface area contributed by atoms with Crippen LogP contribution in [0.2, 0.25) is 0 Å². The number of carbonyl (C=O) groups excluding carboxylic acids is 3. The topological polar surface area (TPSA) is 90.5 Å². The summed E-state index contributed by atoms with van der Waals surface area (Å²) in [5, 5.41) is 8.41. The molecular formula is C21H23FN4O3. The minimum atomic E-state index is -0.515. The van der Waals surface area contributed by atoms with Crippen LogP contribution in [0.1, 0.15) is 34.8 Å². The lowest BCUT2D eigenvalue weighted by molar-refractivity contribution is -0.130. The highest BCUT2D eigenvalue weighted by Crippen LogP contribution is 2.29. The number of nitrogens with zero attached hydrogens (tertiary/aromatic N) is 1. The first-order chi connectivity index (χ1) is 13.9. The molecule has 2 aromatic carbocycles. The molecule has 3 N–H and O–H groups in total. The largest absolute Gasteiger partial charge is 0.388 e. The molecule has 0 bridgehead atoms. The van der Waals surface area contributed by atoms with Gasteiger partial charge in [0.25, 0.3) is 5.91 Å². The van der Waals surface area contributed by atoms with E-state index >= 15 is 0 Å². The fraction of sp³-hybridized carbons (Fsp3) is 0.286. The van der Waals surface area contributed by atoms with Crippen molar-refractivity contribution in [1.82, 2.24) is 10.2 Å². The molecule has 0 saturated heterocycles. The molecule has 0 radical (unpaired) electrons. The first-order valence-electron chi connectivity index (χ1n) is 9.36. The SMILES string of the molecule is CCC(=O)NC(=O)CN1Cc2c(NCc3cc(NC)ccc3F)cccc2C1=O. The van der Waals surface area contributed by atoms with Crippen LogP contribution in [-0.4, -0.2) is 36.2 Å². The van der Waals surface area contributed by atoms with Gasteiger partial charge in [0.2, 0.25) is 11.8 Å². The molecule has 8 heteroatoms. The normalized spacial score (nSPS) is 12.5. The zero-order valence-corrected chi connectivity index (χ0v) is 16.3. The molecule has 0 aromatic heterocycles. The average molecular weight is 398 g/mol. The minimum absolute atomic E-state index is 0.194. The number of carbonyl (C=O) groups is 3. The minimum Gasteiger partial charge on any atom is -0.388 e. The Balaban J connectivity index is 1.72. The van der Waals surface area contributed by atoms with Gasteiger partial charge in [-0.2, -0.15) is 0 Å². The molecule has 0 spiro atoms. The van der Waals surface area contributed by atoms with E-state index < -0.39 is 5.91 Å². The second-order valence-electron chi connectivity index (χ2n) is 6.73. The van der Waals surface area contributed by atoms with E-state index in [1.54, 1.807) is 38.2 Å². The third-order valence-electron chi connectivity index (χ3n) is 4.78. The smallest absolute Gasteiger partial charge is 0.255 e. The van der Waals surface area contributed by atoms with Crippen molar-refractivity contribution in [3.63, 3.8) is 0 Å². The summed E-state index contributed by atoms with van der Waals surface area (Å²) in [6.45, 7) is 1.94. The maximum atomic E-state index is 14.1. The third kappa shape index (κ3) is 4.53. The van der Waals surface area contributed by atoms with Gasteiger partial charge in [0.05, 0.1) is 0 Å². The standard InChI is InChI=1S/C21H23FN4O3/c1-3-19(27)25-20(28)12-26-11-16-15(21(26)29)5-4-6-18(16)24-10-13-9-14(23-2)7-8-17(13)22/h4-9,23-24H,3,10-12H2,1-2H3,(H,25,27,28). The number of hydrogen-bond acceptors (Lipinski definition) is 5. The van der Waals surface area contributed by atoms with Crippen LogP contribution in [0.5, 0.6) is 0 Å². The summed E-state index contributed by atoms with van der Waals surface area (Å²) in [4.78, 5) is 37.3. The van der Waals surface area contributed by atoms with E-state index in [0.29, 0.717) is 16.8 Å². The van der Waals surface area contributed by atoms with Gasteiger partial charge in [0.15, 0.2) is 0 Å². The number of rotatable bonds is 7. The molecule has 1 aliphatic rings. The molecule has 152 valence electrons. The molecule has 0 fully saturated rings. The summed E-state index contributed by atoms with van der Waals surface area (Å²) in [5.74, 6) is -1.49. The number of nitrogens with one attached hydrogen (secondary N) is 3. The van der Waals surface area contributed by atoms with Crippen LogP contribution in [0.3, 0.4) is 0 Å². The predicted octanol–water partition coefficient (Wildman–Crippen LogP) is 2.49. The van der Waals surface area contributed by atoms with Crippen molar-refractivity contribution in [3.05, 3.63) is 58.9 Å². The highest BCUT2D eigenvalue weighted by Gasteiger charge is 2.30. The Bertz CT molecular complexity index is 961. The van der Waals surface area contributed by atoms with E-state index in [1.807, 2.05) is 6.07 Å². The molecule has 29 heavy (non-hydrogen) atoms. The maximum absolute atomic E-state index is 14.1. The first kappa shape index (κ1) is 20.3. The van der Waals surface area contributed by atoms with Crippen LogP contribution in [-0.2, 0) is 22.7 Å². The van der Waals surface area contributed by atoms with Gasteiger partial charge < -0.3 is 15.5 Å². The molecule has 0 unspecified atom stereocenters. The highest BCUT2D eigenvalue weighted by atomic mass is 19.1. The Labute approximate surface area is 168 Å². The fourth-order valence-electron chi connectivity index (χ4n) is 3.20. The Morgan fingerprint density at radius 3 is 2.69 bits per heavy atom. The van der Waals surface area contributed by atoms with Gasteiger partial charge in [0, 0.05) is 54.6 Å². The van der Waals surface area contributed by atoms with Crippen molar-refractivity contribution in [2.75, 3.05) is 24.2 Å². The van der Waals surface area contributed by atoms with E-state index in [4.69, 9.17) is 0 Å². The number of imide groups is 1. The second kappa shape index (κ2) is 8.72. The Morgan fingerprint density at radius 2 is 1.97 bits per heavy atom. The second-order valence-corrected chi connectivity index (χ2v) is 6.73. The van der Waals surface area contributed by atoms with Gasteiger partial charge in [-0.05, 0) is 30.3 Å². The Kier molecular flexibility index (Phi) is 6.11. The molecule has 0 atom stereocenters. The number of amides is 3. The zero-order chi connectivity index (χ0) is 21.0. The van der Waals surface area contributed by atoms with Crippen molar-refractivity contribution in [2.24, 2.45) is 0 Å². The lowest BCUT2D eigenvalue weighted by atomic mass is 10.1. The van der Waals surface area contributed by atoms with Crippen molar-refractivity contribution in [2.45, 2.75) is 26.4 Å². The summed E-state index contributed by atoms with van der Waals surface area (Å²) >= 11 is 0. The summed E-state index contributed by atoms with van der Waals surface area (Å²) in [6.07, 6.45) is 0.194. The number of anilines is 2. The van der Waals surface area contributed by atoms with E-state index in [1.165, 1.54) is 11.0 Å². The summed E-state index contributed by atoms with van der Waals surface area (Å²) in [5.41, 5.74) is 3.24. The lowest BCUT2D eigenvalue weighted by Crippen LogP contribution is -2.39. The maximum Gasteiger partial charge on any atom is 0.255 e. The van der Waals surface area contributed by atoms with Crippen molar-refractivity contribution >= 4 is 29.1 Å². The molecule has 2 aromatic rings. The molecule has 0 aliphatic carbocycles. The van der Waals surface area contributed by atoms with Crippen LogP contribution in [0.15, 0.2) is 36.4 Å². The average Bonchev–Trinajstić information content (AvgIpc) is 3.03. The molecule has 3 amide bonds. The third-order valence-corrected chi connectivity index (χ3v) is 4.78. The molecule has 3 rings (SSSR count). The number of hydrogen-bond donors (Lipinski definition) is 3. The van der Waals surface area contributed by atoms with Crippen molar-refractivity contribution in [1.29, 1.82) is 0 Å². The Hall–Kier alpha value is -3.42. The van der Waals surface area contributed by atoms with Crippen LogP contribution in [0, 0.1) is 5.82 Å². The van der Waals surface area contributed by atoms with Gasteiger partial charge in [-0.3, -0.25) is 19.7 Å². The fourth-order valence-corrected chi connectivity index (χ4v) is 3.20. The molecule has 1 heterocycles. The van der Waals surface area contributed by atoms with Gasteiger partial charge in [0.1, 0.15) is 12.4 Å². The highest BCUT2D eigenvalue weighted by molar-refractivity contribution is 6.03.